The second-order valence-electron chi connectivity index (χ2n) is 4.51. The van der Waals surface area contributed by atoms with Gasteiger partial charge in [-0.3, -0.25) is 0 Å². The van der Waals surface area contributed by atoms with Gasteiger partial charge in [0, 0.05) is 19.1 Å². The predicted molar refractivity (Wildman–Crippen MR) is 71.8 cm³/mol. The third kappa shape index (κ3) is 5.63. The zero-order valence-corrected chi connectivity index (χ0v) is 10.4. The van der Waals surface area contributed by atoms with E-state index in [0.29, 0.717) is 13.0 Å². The van der Waals surface area contributed by atoms with Gasteiger partial charge in [-0.15, -0.1) is 0 Å². The Kier molecular flexibility index (Phi) is 5.91. The molecule has 3 nitrogen and oxygen atoms in total. The van der Waals surface area contributed by atoms with Gasteiger partial charge in [0.25, 0.3) is 0 Å². The molecule has 0 spiro atoms. The molecule has 0 heterocycles. The number of aliphatic hydroxyl groups is 1. The molecule has 0 radical (unpaired) electrons. The topological polar surface area (TPSA) is 58.3 Å². The summed E-state index contributed by atoms with van der Waals surface area (Å²) < 4.78 is 0. The Hall–Kier alpha value is -1.16. The molecular formula is C14H22N2O. The van der Waals surface area contributed by atoms with E-state index < -0.39 is 6.10 Å². The van der Waals surface area contributed by atoms with Crippen LogP contribution in [0.3, 0.4) is 0 Å². The first kappa shape index (κ1) is 13.9. The van der Waals surface area contributed by atoms with Crippen molar-refractivity contribution in [3.05, 3.63) is 48.0 Å². The fourth-order valence-corrected chi connectivity index (χ4v) is 1.61. The van der Waals surface area contributed by atoms with Crippen LogP contribution >= 0.6 is 0 Å². The summed E-state index contributed by atoms with van der Waals surface area (Å²) in [5.41, 5.74) is 8.16. The van der Waals surface area contributed by atoms with E-state index in [9.17, 15) is 5.11 Å². The highest BCUT2D eigenvalue weighted by Gasteiger charge is 2.14. The zero-order valence-electron chi connectivity index (χ0n) is 10.4. The Labute approximate surface area is 103 Å². The molecule has 4 N–H and O–H groups in total. The number of nitrogens with two attached hydrogens (primary N) is 1. The van der Waals surface area contributed by atoms with Crippen molar-refractivity contribution in [2.75, 3.05) is 13.1 Å². The number of hydrogen-bond acceptors (Lipinski definition) is 3. The van der Waals surface area contributed by atoms with Crippen molar-refractivity contribution in [3.8, 4) is 0 Å². The lowest BCUT2D eigenvalue weighted by molar-refractivity contribution is 0.143. The number of rotatable bonds is 7. The SMILES string of the molecule is C=C(C)CNC[C@@H](O)[C@@H](N)Cc1ccccc1. The molecule has 0 aliphatic heterocycles. The van der Waals surface area contributed by atoms with Crippen LogP contribution in [0.25, 0.3) is 0 Å². The van der Waals surface area contributed by atoms with Crippen molar-refractivity contribution in [2.45, 2.75) is 25.5 Å². The molecule has 94 valence electrons. The van der Waals surface area contributed by atoms with Gasteiger partial charge in [0.2, 0.25) is 0 Å². The highest BCUT2D eigenvalue weighted by atomic mass is 16.3. The Balaban J connectivity index is 2.31. The highest BCUT2D eigenvalue weighted by Crippen LogP contribution is 2.04. The predicted octanol–water partition coefficient (Wildman–Crippen LogP) is 1.08. The molecular weight excluding hydrogens is 212 g/mol. The zero-order chi connectivity index (χ0) is 12.7. The minimum absolute atomic E-state index is 0.241. The summed E-state index contributed by atoms with van der Waals surface area (Å²) in [6.45, 7) is 6.96. The maximum absolute atomic E-state index is 9.87. The first-order valence-electron chi connectivity index (χ1n) is 5.92. The molecule has 0 bridgehead atoms. The second-order valence-corrected chi connectivity index (χ2v) is 4.51. The smallest absolute Gasteiger partial charge is 0.0818 e. The number of hydrogen-bond donors (Lipinski definition) is 3. The van der Waals surface area contributed by atoms with E-state index in [1.165, 1.54) is 0 Å². The molecule has 0 amide bonds. The molecule has 17 heavy (non-hydrogen) atoms. The molecule has 0 fully saturated rings. The number of benzene rings is 1. The molecule has 1 aromatic rings. The lowest BCUT2D eigenvalue weighted by Crippen LogP contribution is -2.43. The van der Waals surface area contributed by atoms with Crippen LogP contribution in [0.5, 0.6) is 0 Å². The molecule has 0 saturated carbocycles. The van der Waals surface area contributed by atoms with Crippen molar-refractivity contribution >= 4 is 0 Å². The normalized spacial score (nSPS) is 14.3. The summed E-state index contributed by atoms with van der Waals surface area (Å²) in [5, 5.41) is 13.0. The van der Waals surface area contributed by atoms with Crippen molar-refractivity contribution in [3.63, 3.8) is 0 Å². The van der Waals surface area contributed by atoms with E-state index in [2.05, 4.69) is 11.9 Å². The van der Waals surface area contributed by atoms with E-state index in [1.54, 1.807) is 0 Å². The van der Waals surface area contributed by atoms with Gasteiger partial charge in [-0.25, -0.2) is 0 Å². The van der Waals surface area contributed by atoms with Crippen molar-refractivity contribution in [1.29, 1.82) is 0 Å². The summed E-state index contributed by atoms with van der Waals surface area (Å²) in [5.74, 6) is 0. The van der Waals surface area contributed by atoms with E-state index in [4.69, 9.17) is 5.73 Å². The van der Waals surface area contributed by atoms with Crippen molar-refractivity contribution in [1.82, 2.24) is 5.32 Å². The monoisotopic (exact) mass is 234 g/mol. The van der Waals surface area contributed by atoms with Crippen LogP contribution in [0.15, 0.2) is 42.5 Å². The standard InChI is InChI=1S/C14H22N2O/c1-11(2)9-16-10-14(17)13(15)8-12-6-4-3-5-7-12/h3-7,13-14,16-17H,1,8-10,15H2,2H3/t13-,14+/m0/s1. The van der Waals surface area contributed by atoms with Crippen LogP contribution < -0.4 is 11.1 Å². The number of nitrogens with one attached hydrogen (secondary N) is 1. The Morgan fingerprint density at radius 1 is 1.41 bits per heavy atom. The third-order valence-electron chi connectivity index (χ3n) is 2.59. The number of aliphatic hydroxyl groups excluding tert-OH is 1. The van der Waals surface area contributed by atoms with Gasteiger partial charge < -0.3 is 16.2 Å². The molecule has 0 unspecified atom stereocenters. The Bertz CT molecular complexity index is 337. The largest absolute Gasteiger partial charge is 0.390 e. The molecule has 0 aliphatic rings. The minimum Gasteiger partial charge on any atom is -0.390 e. The van der Waals surface area contributed by atoms with Gasteiger partial charge in [0.05, 0.1) is 6.10 Å². The van der Waals surface area contributed by atoms with Crippen molar-refractivity contribution in [2.24, 2.45) is 5.73 Å². The fraction of sp³-hybridized carbons (Fsp3) is 0.429. The van der Waals surface area contributed by atoms with Crippen LogP contribution in [-0.4, -0.2) is 30.3 Å². The van der Waals surface area contributed by atoms with Crippen LogP contribution in [-0.2, 0) is 6.42 Å². The van der Waals surface area contributed by atoms with Gasteiger partial charge in [0.15, 0.2) is 0 Å². The van der Waals surface area contributed by atoms with Gasteiger partial charge in [-0.05, 0) is 18.9 Å². The first-order valence-corrected chi connectivity index (χ1v) is 5.92. The van der Waals surface area contributed by atoms with E-state index in [1.807, 2.05) is 37.3 Å². The summed E-state index contributed by atoms with van der Waals surface area (Å²) in [4.78, 5) is 0. The van der Waals surface area contributed by atoms with Crippen LogP contribution in [0, 0.1) is 0 Å². The first-order chi connectivity index (χ1) is 8.09. The molecule has 0 aliphatic carbocycles. The fourth-order valence-electron chi connectivity index (χ4n) is 1.61. The van der Waals surface area contributed by atoms with E-state index in [0.717, 1.165) is 17.7 Å². The van der Waals surface area contributed by atoms with Gasteiger partial charge in [-0.1, -0.05) is 42.5 Å². The highest BCUT2D eigenvalue weighted by molar-refractivity contribution is 5.16. The second kappa shape index (κ2) is 7.22. The van der Waals surface area contributed by atoms with Gasteiger partial charge >= 0.3 is 0 Å². The summed E-state index contributed by atoms with van der Waals surface area (Å²) in [6, 6.07) is 9.73. The van der Waals surface area contributed by atoms with Gasteiger partial charge in [-0.2, -0.15) is 0 Å². The lowest BCUT2D eigenvalue weighted by Gasteiger charge is -2.19. The molecule has 3 heteroatoms. The van der Waals surface area contributed by atoms with Gasteiger partial charge in [0.1, 0.15) is 0 Å². The molecule has 1 aromatic carbocycles. The van der Waals surface area contributed by atoms with Crippen LogP contribution in [0.1, 0.15) is 12.5 Å². The molecule has 0 aromatic heterocycles. The average Bonchev–Trinajstić information content (AvgIpc) is 2.29. The molecule has 1 rings (SSSR count). The van der Waals surface area contributed by atoms with Crippen LogP contribution in [0.2, 0.25) is 0 Å². The Morgan fingerprint density at radius 3 is 2.65 bits per heavy atom. The Morgan fingerprint density at radius 2 is 2.06 bits per heavy atom. The maximum atomic E-state index is 9.87. The van der Waals surface area contributed by atoms with Crippen LogP contribution in [0.4, 0.5) is 0 Å². The van der Waals surface area contributed by atoms with Crippen molar-refractivity contribution < 1.29 is 5.11 Å². The lowest BCUT2D eigenvalue weighted by atomic mass is 10.0. The molecule has 2 atom stereocenters. The minimum atomic E-state index is -0.533. The molecule has 0 saturated heterocycles. The summed E-state index contributed by atoms with van der Waals surface area (Å²) in [7, 11) is 0. The van der Waals surface area contributed by atoms with E-state index >= 15 is 0 Å². The third-order valence-corrected chi connectivity index (χ3v) is 2.59. The summed E-state index contributed by atoms with van der Waals surface area (Å²) >= 11 is 0. The summed E-state index contributed by atoms with van der Waals surface area (Å²) in [6.07, 6.45) is 0.158. The average molecular weight is 234 g/mol. The maximum Gasteiger partial charge on any atom is 0.0818 e. The quantitative estimate of drug-likeness (QED) is 0.619. The van der Waals surface area contributed by atoms with E-state index in [-0.39, 0.29) is 6.04 Å².